The number of carboxylic acid groups (broad SMARTS) is 1. The van der Waals surface area contributed by atoms with Crippen molar-refractivity contribution in [2.75, 3.05) is 5.32 Å². The summed E-state index contributed by atoms with van der Waals surface area (Å²) >= 11 is 1.33. The van der Waals surface area contributed by atoms with E-state index in [1.807, 2.05) is 0 Å². The van der Waals surface area contributed by atoms with Crippen LogP contribution in [0.5, 0.6) is 0 Å². The molecule has 98 valence electrons. The van der Waals surface area contributed by atoms with Gasteiger partial charge in [-0.3, -0.25) is 4.79 Å². The van der Waals surface area contributed by atoms with E-state index in [0.29, 0.717) is 5.00 Å². The van der Waals surface area contributed by atoms with Crippen LogP contribution in [0.15, 0.2) is 16.9 Å². The van der Waals surface area contributed by atoms with Gasteiger partial charge in [-0.25, -0.2) is 4.79 Å². The summed E-state index contributed by atoms with van der Waals surface area (Å²) in [6.45, 7) is 0. The van der Waals surface area contributed by atoms with Crippen molar-refractivity contribution < 1.29 is 19.2 Å². The van der Waals surface area contributed by atoms with Crippen LogP contribution in [0.25, 0.3) is 0 Å². The van der Waals surface area contributed by atoms with Gasteiger partial charge in [0.05, 0.1) is 5.56 Å². The van der Waals surface area contributed by atoms with Gasteiger partial charge >= 0.3 is 5.97 Å². The van der Waals surface area contributed by atoms with Gasteiger partial charge in [0.1, 0.15) is 11.3 Å². The predicted octanol–water partition coefficient (Wildman–Crippen LogP) is 2.18. The number of aromatic nitrogens is 1. The first-order valence-corrected chi connectivity index (χ1v) is 6.58. The third-order valence-corrected chi connectivity index (χ3v) is 4.24. The number of carboxylic acids is 1. The van der Waals surface area contributed by atoms with Gasteiger partial charge in [-0.2, -0.15) is 0 Å². The van der Waals surface area contributed by atoms with Crippen molar-refractivity contribution in [1.29, 1.82) is 0 Å². The Morgan fingerprint density at radius 1 is 1.42 bits per heavy atom. The fourth-order valence-electron chi connectivity index (χ4n) is 2.22. The Labute approximate surface area is 112 Å². The topological polar surface area (TPSA) is 92.4 Å². The molecule has 2 heterocycles. The molecule has 0 saturated heterocycles. The first-order valence-electron chi connectivity index (χ1n) is 5.76. The molecule has 6 nitrogen and oxygen atoms in total. The van der Waals surface area contributed by atoms with E-state index < -0.39 is 11.9 Å². The highest BCUT2D eigenvalue weighted by Gasteiger charge is 2.27. The van der Waals surface area contributed by atoms with Crippen molar-refractivity contribution in [3.05, 3.63) is 34.0 Å². The van der Waals surface area contributed by atoms with Gasteiger partial charge in [0.25, 0.3) is 5.91 Å². The van der Waals surface area contributed by atoms with E-state index in [4.69, 9.17) is 0 Å². The molecule has 0 aliphatic heterocycles. The van der Waals surface area contributed by atoms with E-state index >= 15 is 0 Å². The molecule has 0 spiro atoms. The second-order valence-corrected chi connectivity index (χ2v) is 5.31. The van der Waals surface area contributed by atoms with Gasteiger partial charge in [-0.1, -0.05) is 5.16 Å². The summed E-state index contributed by atoms with van der Waals surface area (Å²) < 4.78 is 4.59. The van der Waals surface area contributed by atoms with E-state index in [9.17, 15) is 14.7 Å². The lowest BCUT2D eigenvalue weighted by molar-refractivity contribution is 0.0697. The van der Waals surface area contributed by atoms with Crippen LogP contribution in [0.1, 0.15) is 37.7 Å². The van der Waals surface area contributed by atoms with Crippen LogP contribution < -0.4 is 5.32 Å². The molecule has 1 aliphatic rings. The monoisotopic (exact) mass is 278 g/mol. The van der Waals surface area contributed by atoms with E-state index in [1.54, 1.807) is 0 Å². The van der Waals surface area contributed by atoms with Gasteiger partial charge in [-0.05, 0) is 24.8 Å². The second kappa shape index (κ2) is 4.51. The Morgan fingerprint density at radius 3 is 2.95 bits per heavy atom. The number of aryl methyl sites for hydroxylation is 1. The molecule has 0 atom stereocenters. The number of carbonyl (C=O) groups excluding carboxylic acids is 1. The smallest absolute Gasteiger partial charge is 0.339 e. The van der Waals surface area contributed by atoms with Crippen molar-refractivity contribution >= 4 is 28.2 Å². The number of nitrogens with one attached hydrogen (secondary N) is 1. The van der Waals surface area contributed by atoms with Crippen LogP contribution in [0, 0.1) is 0 Å². The number of rotatable bonds is 3. The molecule has 0 saturated carbocycles. The Kier molecular flexibility index (Phi) is 2.83. The largest absolute Gasteiger partial charge is 0.478 e. The predicted molar refractivity (Wildman–Crippen MR) is 67.8 cm³/mol. The highest BCUT2D eigenvalue weighted by atomic mass is 32.1. The Hall–Kier alpha value is -2.15. The maximum absolute atomic E-state index is 11.9. The number of anilines is 1. The van der Waals surface area contributed by atoms with E-state index in [2.05, 4.69) is 15.0 Å². The average Bonchev–Trinajstić information content (AvgIpc) is 3.03. The quantitative estimate of drug-likeness (QED) is 0.897. The molecule has 19 heavy (non-hydrogen) atoms. The summed E-state index contributed by atoms with van der Waals surface area (Å²) in [5.74, 6) is -1.47. The van der Waals surface area contributed by atoms with Gasteiger partial charge < -0.3 is 14.9 Å². The molecule has 0 aromatic carbocycles. The van der Waals surface area contributed by atoms with Crippen LogP contribution in [0.4, 0.5) is 5.00 Å². The summed E-state index contributed by atoms with van der Waals surface area (Å²) in [4.78, 5) is 24.2. The highest BCUT2D eigenvalue weighted by molar-refractivity contribution is 7.17. The molecule has 0 bridgehead atoms. The van der Waals surface area contributed by atoms with Crippen LogP contribution in [0.2, 0.25) is 0 Å². The van der Waals surface area contributed by atoms with Crippen LogP contribution >= 0.6 is 11.3 Å². The molecule has 2 aromatic heterocycles. The minimum atomic E-state index is -1.00. The first-order chi connectivity index (χ1) is 9.16. The molecule has 2 N–H and O–H groups in total. The van der Waals surface area contributed by atoms with Crippen molar-refractivity contribution in [2.24, 2.45) is 0 Å². The molecule has 2 aromatic rings. The number of fused-ring (bicyclic) bond motifs is 1. The molecule has 0 radical (unpaired) electrons. The van der Waals surface area contributed by atoms with Crippen LogP contribution in [-0.2, 0) is 12.8 Å². The molecule has 0 unspecified atom stereocenters. The molecule has 1 amide bonds. The van der Waals surface area contributed by atoms with Crippen LogP contribution in [-0.4, -0.2) is 22.1 Å². The average molecular weight is 278 g/mol. The number of carbonyl (C=O) groups is 2. The second-order valence-electron chi connectivity index (χ2n) is 4.21. The third kappa shape index (κ3) is 2.01. The lowest BCUT2D eigenvalue weighted by Crippen LogP contribution is -2.14. The lowest BCUT2D eigenvalue weighted by atomic mass is 10.1. The van der Waals surface area contributed by atoms with E-state index in [0.717, 1.165) is 29.7 Å². The first kappa shape index (κ1) is 11.9. The summed E-state index contributed by atoms with van der Waals surface area (Å²) in [7, 11) is 0. The lowest BCUT2D eigenvalue weighted by Gasteiger charge is -2.03. The molecular weight excluding hydrogens is 268 g/mol. The normalized spacial score (nSPS) is 13.3. The number of thiophene rings is 1. The van der Waals surface area contributed by atoms with E-state index in [-0.39, 0.29) is 11.3 Å². The fraction of sp³-hybridized carbons (Fsp3) is 0.250. The van der Waals surface area contributed by atoms with Crippen molar-refractivity contribution in [2.45, 2.75) is 19.3 Å². The summed E-state index contributed by atoms with van der Waals surface area (Å²) in [5, 5.41) is 15.8. The Balaban J connectivity index is 1.93. The number of aromatic carboxylic acids is 1. The number of hydrogen-bond donors (Lipinski definition) is 2. The van der Waals surface area contributed by atoms with Crippen LogP contribution in [0.3, 0.4) is 0 Å². The Morgan fingerprint density at radius 2 is 2.26 bits per heavy atom. The standard InChI is InChI=1S/C12H10N2O4S/c15-10(7-4-5-18-14-7)13-11-9(12(16)17)6-2-1-3-8(6)19-11/h4-5H,1-3H2,(H,13,15)(H,16,17). The van der Waals surface area contributed by atoms with Gasteiger partial charge in [0, 0.05) is 10.9 Å². The Bertz CT molecular complexity index is 645. The zero-order valence-corrected chi connectivity index (χ0v) is 10.6. The van der Waals surface area contributed by atoms with Gasteiger partial charge in [0.15, 0.2) is 5.69 Å². The zero-order chi connectivity index (χ0) is 13.4. The third-order valence-electron chi connectivity index (χ3n) is 3.03. The number of amides is 1. The van der Waals surface area contributed by atoms with Gasteiger partial charge in [0.2, 0.25) is 0 Å². The summed E-state index contributed by atoms with van der Waals surface area (Å²) in [6, 6.07) is 1.43. The minimum absolute atomic E-state index is 0.130. The van der Waals surface area contributed by atoms with Crippen molar-refractivity contribution in [1.82, 2.24) is 5.16 Å². The maximum atomic E-state index is 11.9. The number of hydrogen-bond acceptors (Lipinski definition) is 5. The summed E-state index contributed by atoms with van der Waals surface area (Å²) in [5.41, 5.74) is 1.20. The highest BCUT2D eigenvalue weighted by Crippen LogP contribution is 2.39. The molecule has 1 aliphatic carbocycles. The SMILES string of the molecule is O=C(Nc1sc2c(c1C(=O)O)CCC2)c1ccon1. The molecular formula is C12H10N2O4S. The number of nitrogens with zero attached hydrogens (tertiary/aromatic N) is 1. The fourth-order valence-corrected chi connectivity index (χ4v) is 3.49. The summed E-state index contributed by atoms with van der Waals surface area (Å²) in [6.07, 6.45) is 3.90. The molecule has 3 rings (SSSR count). The minimum Gasteiger partial charge on any atom is -0.478 e. The van der Waals surface area contributed by atoms with Crippen molar-refractivity contribution in [3.63, 3.8) is 0 Å². The molecule has 0 fully saturated rings. The van der Waals surface area contributed by atoms with E-state index in [1.165, 1.54) is 23.7 Å². The maximum Gasteiger partial charge on any atom is 0.339 e. The van der Waals surface area contributed by atoms with Gasteiger partial charge in [-0.15, -0.1) is 11.3 Å². The molecule has 7 heteroatoms. The zero-order valence-electron chi connectivity index (χ0n) is 9.80. The van der Waals surface area contributed by atoms with Crippen molar-refractivity contribution in [3.8, 4) is 0 Å².